The smallest absolute Gasteiger partial charge is 0.272 e. The summed E-state index contributed by atoms with van der Waals surface area (Å²) in [5, 5.41) is 9.13. The molecule has 0 radical (unpaired) electrons. The maximum Gasteiger partial charge on any atom is 0.272 e. The number of amides is 1. The number of Topliss-reactive ketones (excluding diaryl/α,β-unsaturated/α-hetero) is 1. The molecule has 0 fully saturated rings. The van der Waals surface area contributed by atoms with Crippen LogP contribution in [0.4, 0.5) is 5.69 Å². The van der Waals surface area contributed by atoms with Gasteiger partial charge in [0.2, 0.25) is 6.10 Å². The number of aliphatic hydroxyl groups is 1. The van der Waals surface area contributed by atoms with Crippen LogP contribution >= 0.6 is 0 Å². The first-order chi connectivity index (χ1) is 11.6. The molecule has 1 heterocycles. The van der Waals surface area contributed by atoms with Gasteiger partial charge in [-0.25, -0.2) is 0 Å². The minimum absolute atomic E-state index is 0.0115. The lowest BCUT2D eigenvalue weighted by atomic mass is 10.0. The van der Waals surface area contributed by atoms with E-state index >= 15 is 0 Å². The Kier molecular flexibility index (Phi) is 4.62. The maximum atomic E-state index is 12.9. The van der Waals surface area contributed by atoms with Gasteiger partial charge in [0.25, 0.3) is 5.91 Å². The van der Waals surface area contributed by atoms with Crippen LogP contribution in [-0.4, -0.2) is 29.9 Å². The van der Waals surface area contributed by atoms with Gasteiger partial charge in [0, 0.05) is 24.3 Å². The molecule has 0 aliphatic carbocycles. The number of fused-ring (bicyclic) bond motifs is 1. The number of benzene rings is 2. The molecule has 0 saturated heterocycles. The van der Waals surface area contributed by atoms with E-state index in [2.05, 4.69) is 0 Å². The van der Waals surface area contributed by atoms with Gasteiger partial charge in [0.15, 0.2) is 5.78 Å². The molecule has 2 aromatic carbocycles. The second-order valence-corrected chi connectivity index (χ2v) is 5.71. The van der Waals surface area contributed by atoms with Crippen LogP contribution in [0.5, 0.6) is 5.75 Å². The van der Waals surface area contributed by atoms with Crippen molar-refractivity contribution in [3.8, 4) is 5.75 Å². The van der Waals surface area contributed by atoms with Crippen molar-refractivity contribution in [2.75, 3.05) is 18.1 Å². The summed E-state index contributed by atoms with van der Waals surface area (Å²) in [6.07, 6.45) is -0.266. The number of nitrogens with zero attached hydrogens (tertiary/aromatic N) is 1. The van der Waals surface area contributed by atoms with Gasteiger partial charge in [-0.15, -0.1) is 0 Å². The topological polar surface area (TPSA) is 66.8 Å². The molecule has 1 N–H and O–H groups in total. The average molecular weight is 325 g/mol. The number of anilines is 1. The van der Waals surface area contributed by atoms with E-state index in [1.165, 1.54) is 6.92 Å². The van der Waals surface area contributed by atoms with Crippen LogP contribution in [0.15, 0.2) is 48.5 Å². The van der Waals surface area contributed by atoms with Crippen LogP contribution in [0.1, 0.15) is 35.4 Å². The van der Waals surface area contributed by atoms with E-state index in [0.717, 1.165) is 5.56 Å². The van der Waals surface area contributed by atoms with E-state index in [1.54, 1.807) is 23.1 Å². The molecule has 1 aliphatic rings. The third-order valence-electron chi connectivity index (χ3n) is 4.03. The molecule has 5 nitrogen and oxygen atoms in total. The minimum Gasteiger partial charge on any atom is -0.474 e. The number of carbonyl (C=O) groups excluding carboxylic acids is 2. The van der Waals surface area contributed by atoms with Crippen LogP contribution in [-0.2, 0) is 4.79 Å². The molecular formula is C19H19NO4. The van der Waals surface area contributed by atoms with Crippen molar-refractivity contribution in [3.63, 3.8) is 0 Å². The number of carbonyl (C=O) groups is 2. The summed E-state index contributed by atoms with van der Waals surface area (Å²) in [5.41, 5.74) is 1.88. The zero-order valence-corrected chi connectivity index (χ0v) is 13.4. The standard InChI is InChI=1S/C19H19NO4/c1-13(22)15-8-9-17-16(12-15)20(10-5-11-21)19(23)18(24-17)14-6-3-2-4-7-14/h2-4,6-9,12,18,21H,5,10-11H2,1H3. The normalized spacial score (nSPS) is 16.5. The molecule has 1 unspecified atom stereocenters. The maximum absolute atomic E-state index is 12.9. The number of hydrogen-bond donors (Lipinski definition) is 1. The molecule has 0 saturated carbocycles. The van der Waals surface area contributed by atoms with Crippen molar-refractivity contribution in [2.24, 2.45) is 0 Å². The Bertz CT molecular complexity index is 757. The predicted molar refractivity (Wildman–Crippen MR) is 90.3 cm³/mol. The van der Waals surface area contributed by atoms with Crippen LogP contribution in [0.3, 0.4) is 0 Å². The second-order valence-electron chi connectivity index (χ2n) is 5.71. The summed E-state index contributed by atoms with van der Waals surface area (Å²) in [6.45, 7) is 1.84. The van der Waals surface area contributed by atoms with E-state index in [4.69, 9.17) is 9.84 Å². The summed E-state index contributed by atoms with van der Waals surface area (Å²) < 4.78 is 5.91. The Labute approximate surface area is 140 Å². The van der Waals surface area contributed by atoms with E-state index in [0.29, 0.717) is 30.0 Å². The van der Waals surface area contributed by atoms with Gasteiger partial charge in [-0.1, -0.05) is 30.3 Å². The number of ether oxygens (including phenoxy) is 1. The molecule has 0 bridgehead atoms. The van der Waals surface area contributed by atoms with Crippen LogP contribution in [0.2, 0.25) is 0 Å². The zero-order valence-electron chi connectivity index (χ0n) is 13.4. The highest BCUT2D eigenvalue weighted by Crippen LogP contribution is 2.39. The predicted octanol–water partition coefficient (Wildman–Crippen LogP) is 2.74. The molecule has 3 rings (SSSR count). The lowest BCUT2D eigenvalue weighted by molar-refractivity contribution is -0.126. The highest BCUT2D eigenvalue weighted by Gasteiger charge is 2.35. The summed E-state index contributed by atoms with van der Waals surface area (Å²) in [4.78, 5) is 26.1. The number of ketones is 1. The van der Waals surface area contributed by atoms with Crippen molar-refractivity contribution in [1.29, 1.82) is 0 Å². The largest absolute Gasteiger partial charge is 0.474 e. The number of aliphatic hydroxyl groups excluding tert-OH is 1. The van der Waals surface area contributed by atoms with Gasteiger partial charge in [-0.2, -0.15) is 0 Å². The van der Waals surface area contributed by atoms with E-state index in [9.17, 15) is 9.59 Å². The fourth-order valence-corrected chi connectivity index (χ4v) is 2.78. The first-order valence-corrected chi connectivity index (χ1v) is 7.90. The van der Waals surface area contributed by atoms with Crippen LogP contribution < -0.4 is 9.64 Å². The fourth-order valence-electron chi connectivity index (χ4n) is 2.78. The zero-order chi connectivity index (χ0) is 17.1. The van der Waals surface area contributed by atoms with E-state index < -0.39 is 6.10 Å². The van der Waals surface area contributed by atoms with Crippen molar-refractivity contribution < 1.29 is 19.4 Å². The molecule has 1 atom stereocenters. The molecule has 0 aromatic heterocycles. The van der Waals surface area contributed by atoms with Gasteiger partial charge in [0.05, 0.1) is 5.69 Å². The highest BCUT2D eigenvalue weighted by molar-refractivity contribution is 6.03. The van der Waals surface area contributed by atoms with Crippen molar-refractivity contribution in [3.05, 3.63) is 59.7 Å². The van der Waals surface area contributed by atoms with E-state index in [1.807, 2.05) is 30.3 Å². The lowest BCUT2D eigenvalue weighted by Gasteiger charge is -2.34. The SMILES string of the molecule is CC(=O)c1ccc2c(c1)N(CCCO)C(=O)C(c1ccccc1)O2. The average Bonchev–Trinajstić information content (AvgIpc) is 2.60. The second kappa shape index (κ2) is 6.84. The lowest BCUT2D eigenvalue weighted by Crippen LogP contribution is -2.42. The Morgan fingerprint density at radius 3 is 2.62 bits per heavy atom. The van der Waals surface area contributed by atoms with Gasteiger partial charge in [-0.3, -0.25) is 9.59 Å². The summed E-state index contributed by atoms with van der Waals surface area (Å²) in [5.74, 6) is 0.298. The van der Waals surface area contributed by atoms with Gasteiger partial charge in [-0.05, 0) is 31.5 Å². The van der Waals surface area contributed by atoms with Crippen LogP contribution in [0, 0.1) is 0 Å². The molecule has 24 heavy (non-hydrogen) atoms. The Hall–Kier alpha value is -2.66. The van der Waals surface area contributed by atoms with Crippen molar-refractivity contribution in [2.45, 2.75) is 19.4 Å². The molecule has 0 spiro atoms. The summed E-state index contributed by atoms with van der Waals surface area (Å²) in [6, 6.07) is 14.4. The monoisotopic (exact) mass is 325 g/mol. The molecule has 124 valence electrons. The minimum atomic E-state index is -0.722. The summed E-state index contributed by atoms with van der Waals surface area (Å²) in [7, 11) is 0. The van der Waals surface area contributed by atoms with Crippen molar-refractivity contribution >= 4 is 17.4 Å². The Morgan fingerprint density at radius 2 is 1.96 bits per heavy atom. The summed E-state index contributed by atoms with van der Waals surface area (Å²) >= 11 is 0. The third kappa shape index (κ3) is 3.03. The fraction of sp³-hybridized carbons (Fsp3) is 0.263. The molecule has 1 aliphatic heterocycles. The molecular weight excluding hydrogens is 306 g/mol. The molecule has 5 heteroatoms. The first-order valence-electron chi connectivity index (χ1n) is 7.90. The third-order valence-corrected chi connectivity index (χ3v) is 4.03. The van der Waals surface area contributed by atoms with Gasteiger partial charge in [0.1, 0.15) is 5.75 Å². The first kappa shape index (κ1) is 16.2. The highest BCUT2D eigenvalue weighted by atomic mass is 16.5. The number of hydrogen-bond acceptors (Lipinski definition) is 4. The van der Waals surface area contributed by atoms with Crippen LogP contribution in [0.25, 0.3) is 0 Å². The van der Waals surface area contributed by atoms with E-state index in [-0.39, 0.29) is 18.3 Å². The van der Waals surface area contributed by atoms with Gasteiger partial charge >= 0.3 is 0 Å². The van der Waals surface area contributed by atoms with Crippen molar-refractivity contribution in [1.82, 2.24) is 0 Å². The Morgan fingerprint density at radius 1 is 1.21 bits per heavy atom. The quantitative estimate of drug-likeness (QED) is 0.859. The number of rotatable bonds is 5. The molecule has 1 amide bonds. The van der Waals surface area contributed by atoms with Gasteiger partial charge < -0.3 is 14.7 Å². The Balaban J connectivity index is 2.03. The molecule has 2 aromatic rings.